The van der Waals surface area contributed by atoms with Crippen molar-refractivity contribution in [3.63, 3.8) is 0 Å². The largest absolute Gasteiger partial charge is 0.361 e. The third-order valence-electron chi connectivity index (χ3n) is 3.84. The van der Waals surface area contributed by atoms with E-state index in [1.54, 1.807) is 0 Å². The van der Waals surface area contributed by atoms with Gasteiger partial charge in [0, 0.05) is 44.3 Å². The first-order valence-corrected chi connectivity index (χ1v) is 6.59. The van der Waals surface area contributed by atoms with Crippen LogP contribution in [-0.2, 0) is 6.54 Å². The summed E-state index contributed by atoms with van der Waals surface area (Å²) >= 11 is 0. The summed E-state index contributed by atoms with van der Waals surface area (Å²) in [6.07, 6.45) is 0. The van der Waals surface area contributed by atoms with Crippen molar-refractivity contribution < 1.29 is 4.52 Å². The van der Waals surface area contributed by atoms with Gasteiger partial charge in [-0.05, 0) is 27.9 Å². The first-order valence-electron chi connectivity index (χ1n) is 6.59. The first kappa shape index (κ1) is 13.5. The van der Waals surface area contributed by atoms with Gasteiger partial charge in [0.2, 0.25) is 0 Å². The molecule has 1 fully saturated rings. The zero-order valence-electron chi connectivity index (χ0n) is 11.9. The molecular weight excluding hydrogens is 228 g/mol. The molecule has 5 nitrogen and oxygen atoms in total. The second-order valence-corrected chi connectivity index (χ2v) is 5.33. The molecule has 1 saturated heterocycles. The van der Waals surface area contributed by atoms with Crippen LogP contribution in [0, 0.1) is 13.8 Å². The van der Waals surface area contributed by atoms with Gasteiger partial charge in [-0.3, -0.25) is 4.90 Å². The van der Waals surface area contributed by atoms with Crippen LogP contribution in [0.3, 0.4) is 0 Å². The monoisotopic (exact) mass is 252 g/mol. The molecule has 102 valence electrons. The number of rotatable bonds is 4. The molecule has 1 aliphatic heterocycles. The summed E-state index contributed by atoms with van der Waals surface area (Å²) in [5, 5.41) is 7.50. The SMILES string of the molecule is Cc1noc(C)c1CNCC1CN(C)CCN1C. The van der Waals surface area contributed by atoms with Crippen LogP contribution in [0.4, 0.5) is 0 Å². The molecule has 0 radical (unpaired) electrons. The summed E-state index contributed by atoms with van der Waals surface area (Å²) in [4.78, 5) is 4.82. The Kier molecular flexibility index (Phi) is 4.37. The molecule has 1 aliphatic rings. The highest BCUT2D eigenvalue weighted by Crippen LogP contribution is 2.12. The van der Waals surface area contributed by atoms with Gasteiger partial charge in [0.25, 0.3) is 0 Å². The lowest BCUT2D eigenvalue weighted by Crippen LogP contribution is -2.53. The number of likely N-dealkylation sites (N-methyl/N-ethyl adjacent to an activating group) is 2. The highest BCUT2D eigenvalue weighted by molar-refractivity contribution is 5.20. The highest BCUT2D eigenvalue weighted by atomic mass is 16.5. The van der Waals surface area contributed by atoms with Crippen molar-refractivity contribution in [3.05, 3.63) is 17.0 Å². The number of piperazine rings is 1. The van der Waals surface area contributed by atoms with Crippen LogP contribution in [0.1, 0.15) is 17.0 Å². The smallest absolute Gasteiger partial charge is 0.138 e. The molecular formula is C13H24N4O. The van der Waals surface area contributed by atoms with E-state index in [0.29, 0.717) is 6.04 Å². The minimum atomic E-state index is 0.587. The lowest BCUT2D eigenvalue weighted by Gasteiger charge is -2.37. The van der Waals surface area contributed by atoms with Crippen LogP contribution < -0.4 is 5.32 Å². The van der Waals surface area contributed by atoms with E-state index in [-0.39, 0.29) is 0 Å². The van der Waals surface area contributed by atoms with E-state index < -0.39 is 0 Å². The Balaban J connectivity index is 1.81. The number of hydrogen-bond donors (Lipinski definition) is 1. The van der Waals surface area contributed by atoms with Crippen molar-refractivity contribution in [1.82, 2.24) is 20.3 Å². The lowest BCUT2D eigenvalue weighted by atomic mass is 10.1. The van der Waals surface area contributed by atoms with Crippen LogP contribution in [0.15, 0.2) is 4.52 Å². The summed E-state index contributed by atoms with van der Waals surface area (Å²) in [6.45, 7) is 9.25. The van der Waals surface area contributed by atoms with Gasteiger partial charge in [-0.1, -0.05) is 5.16 Å². The Morgan fingerprint density at radius 1 is 1.33 bits per heavy atom. The fourth-order valence-corrected chi connectivity index (χ4v) is 2.44. The molecule has 18 heavy (non-hydrogen) atoms. The van der Waals surface area contributed by atoms with Crippen molar-refractivity contribution >= 4 is 0 Å². The zero-order valence-corrected chi connectivity index (χ0v) is 11.9. The first-order chi connectivity index (χ1) is 8.58. The quantitative estimate of drug-likeness (QED) is 0.851. The van der Waals surface area contributed by atoms with E-state index in [0.717, 1.165) is 44.2 Å². The van der Waals surface area contributed by atoms with Crippen molar-refractivity contribution in [2.75, 3.05) is 40.3 Å². The van der Waals surface area contributed by atoms with Gasteiger partial charge < -0.3 is 14.7 Å². The minimum Gasteiger partial charge on any atom is -0.361 e. The van der Waals surface area contributed by atoms with Crippen LogP contribution >= 0.6 is 0 Å². The summed E-state index contributed by atoms with van der Waals surface area (Å²) in [5.41, 5.74) is 2.19. The van der Waals surface area contributed by atoms with E-state index in [9.17, 15) is 0 Å². The third kappa shape index (κ3) is 3.10. The Morgan fingerprint density at radius 2 is 2.11 bits per heavy atom. The Morgan fingerprint density at radius 3 is 2.78 bits per heavy atom. The third-order valence-corrected chi connectivity index (χ3v) is 3.84. The molecule has 2 rings (SSSR count). The van der Waals surface area contributed by atoms with E-state index in [2.05, 4.69) is 34.4 Å². The van der Waals surface area contributed by atoms with Gasteiger partial charge in [-0.2, -0.15) is 0 Å². The molecule has 1 N–H and O–H groups in total. The van der Waals surface area contributed by atoms with Crippen LogP contribution in [-0.4, -0.2) is 61.3 Å². The van der Waals surface area contributed by atoms with Gasteiger partial charge in [0.05, 0.1) is 5.69 Å². The van der Waals surface area contributed by atoms with Gasteiger partial charge in [-0.15, -0.1) is 0 Å². The molecule has 0 amide bonds. The fraction of sp³-hybridized carbons (Fsp3) is 0.769. The number of hydrogen-bond acceptors (Lipinski definition) is 5. The molecule has 1 aromatic heterocycles. The predicted molar refractivity (Wildman–Crippen MR) is 71.6 cm³/mol. The molecule has 0 bridgehead atoms. The summed E-state index contributed by atoms with van der Waals surface area (Å²) in [5.74, 6) is 0.925. The van der Waals surface area contributed by atoms with Gasteiger partial charge >= 0.3 is 0 Å². The zero-order chi connectivity index (χ0) is 13.1. The molecule has 1 atom stereocenters. The standard InChI is InChI=1S/C13H24N4O/c1-10-13(11(2)18-15-10)8-14-7-12-9-16(3)5-6-17(12)4/h12,14H,5-9H2,1-4H3. The van der Waals surface area contributed by atoms with Crippen molar-refractivity contribution in [3.8, 4) is 0 Å². The number of nitrogens with one attached hydrogen (secondary N) is 1. The van der Waals surface area contributed by atoms with Crippen molar-refractivity contribution in [2.45, 2.75) is 26.4 Å². The van der Waals surface area contributed by atoms with Crippen molar-refractivity contribution in [2.24, 2.45) is 0 Å². The Bertz CT molecular complexity index is 371. The Hall–Kier alpha value is -0.910. The lowest BCUT2D eigenvalue weighted by molar-refractivity contribution is 0.113. The summed E-state index contributed by atoms with van der Waals surface area (Å²) in [7, 11) is 4.39. The predicted octanol–water partition coefficient (Wildman–Crippen LogP) is 0.627. The summed E-state index contributed by atoms with van der Waals surface area (Å²) in [6, 6.07) is 0.587. The van der Waals surface area contributed by atoms with Gasteiger partial charge in [0.1, 0.15) is 5.76 Å². The topological polar surface area (TPSA) is 44.5 Å². The molecule has 0 saturated carbocycles. The molecule has 0 aromatic carbocycles. The average molecular weight is 252 g/mol. The normalized spacial score (nSPS) is 22.6. The maximum atomic E-state index is 5.17. The van der Waals surface area contributed by atoms with Crippen LogP contribution in [0.25, 0.3) is 0 Å². The fourth-order valence-electron chi connectivity index (χ4n) is 2.44. The number of nitrogens with zero attached hydrogens (tertiary/aromatic N) is 3. The molecule has 1 unspecified atom stereocenters. The van der Waals surface area contributed by atoms with Crippen LogP contribution in [0.5, 0.6) is 0 Å². The number of aryl methyl sites for hydroxylation is 2. The average Bonchev–Trinajstić information content (AvgIpc) is 2.65. The maximum absolute atomic E-state index is 5.17. The summed E-state index contributed by atoms with van der Waals surface area (Å²) < 4.78 is 5.17. The molecule has 0 aliphatic carbocycles. The maximum Gasteiger partial charge on any atom is 0.138 e. The second-order valence-electron chi connectivity index (χ2n) is 5.33. The van der Waals surface area contributed by atoms with Gasteiger partial charge in [0.15, 0.2) is 0 Å². The van der Waals surface area contributed by atoms with E-state index in [4.69, 9.17) is 4.52 Å². The van der Waals surface area contributed by atoms with E-state index in [1.165, 1.54) is 5.56 Å². The Labute approximate surface area is 109 Å². The van der Waals surface area contributed by atoms with Crippen molar-refractivity contribution in [1.29, 1.82) is 0 Å². The second kappa shape index (κ2) is 5.82. The molecule has 0 spiro atoms. The van der Waals surface area contributed by atoms with E-state index in [1.807, 2.05) is 13.8 Å². The van der Waals surface area contributed by atoms with Crippen LogP contribution in [0.2, 0.25) is 0 Å². The van der Waals surface area contributed by atoms with E-state index >= 15 is 0 Å². The molecule has 5 heteroatoms. The highest BCUT2D eigenvalue weighted by Gasteiger charge is 2.21. The minimum absolute atomic E-state index is 0.587. The number of aromatic nitrogens is 1. The molecule has 2 heterocycles. The molecule has 1 aromatic rings. The van der Waals surface area contributed by atoms with Gasteiger partial charge in [-0.25, -0.2) is 0 Å².